The van der Waals surface area contributed by atoms with Crippen molar-refractivity contribution in [3.05, 3.63) is 196 Å². The van der Waals surface area contributed by atoms with Crippen LogP contribution in [-0.2, 0) is 21.7 Å². The lowest BCUT2D eigenvalue weighted by Gasteiger charge is -2.45. The molecule has 0 saturated carbocycles. The standard InChI is InChI=1S/C66H63BN2S/c1-40-31-59-62-60(32-40)69(48-34-42(33-43(35-48)52-39-70-61-20-16-14-18-51(52)61)41-21-28-50-49-17-13-15-19-53(49)66(11,12)54(50)36-41)58-30-25-46(65(8,9)10)38-56(58)67(62)55-37-45(64(5,6)7)24-29-57(55)68(59)47-26-22-44(23-27-47)63(2,3)4/h13-39H,1-12H3. The molecule has 3 heterocycles. The third kappa shape index (κ3) is 6.96. The predicted octanol–water partition coefficient (Wildman–Crippen LogP) is 16.8. The molecular weight excluding hydrogens is 864 g/mol. The lowest BCUT2D eigenvalue weighted by Crippen LogP contribution is -2.61. The zero-order chi connectivity index (χ0) is 48.8. The molecule has 2 nitrogen and oxygen atoms in total. The van der Waals surface area contributed by atoms with Crippen LogP contribution in [0.25, 0.3) is 43.5 Å². The van der Waals surface area contributed by atoms with Crippen LogP contribution < -0.4 is 26.2 Å². The molecule has 4 heteroatoms. The first-order valence-electron chi connectivity index (χ1n) is 25.3. The van der Waals surface area contributed by atoms with E-state index in [2.05, 4.69) is 256 Å². The van der Waals surface area contributed by atoms with E-state index in [4.69, 9.17) is 0 Å². The fourth-order valence-electron chi connectivity index (χ4n) is 11.9. The fraction of sp³-hybridized carbons (Fsp3) is 0.242. The molecule has 2 aliphatic heterocycles. The maximum Gasteiger partial charge on any atom is 0.252 e. The Bertz CT molecular complexity index is 3610. The minimum Gasteiger partial charge on any atom is -0.311 e. The lowest BCUT2D eigenvalue weighted by atomic mass is 9.33. The molecule has 0 bridgehead atoms. The number of anilines is 6. The SMILES string of the molecule is Cc1cc2c3c(c1)N(c1cc(-c4ccc5c(c4)C(C)(C)c4ccccc4-5)cc(-c4csc5ccccc45)c1)c1ccc(C(C)(C)C)cc1B3c1cc(C(C)(C)C)ccc1N2c1ccc(C(C)(C)C)cc1. The van der Waals surface area contributed by atoms with Crippen molar-refractivity contribution in [3.8, 4) is 33.4 Å². The van der Waals surface area contributed by atoms with Crippen LogP contribution in [0.2, 0.25) is 0 Å². The first kappa shape index (κ1) is 44.6. The van der Waals surface area contributed by atoms with Gasteiger partial charge in [0.25, 0.3) is 6.71 Å². The highest BCUT2D eigenvalue weighted by atomic mass is 32.1. The third-order valence-corrected chi connectivity index (χ3v) is 16.8. The molecule has 0 amide bonds. The number of hydrogen-bond donors (Lipinski definition) is 0. The summed E-state index contributed by atoms with van der Waals surface area (Å²) in [5, 5.41) is 3.66. The second-order valence-electron chi connectivity index (χ2n) is 24.0. The summed E-state index contributed by atoms with van der Waals surface area (Å²) >= 11 is 1.83. The molecule has 9 aromatic rings. The lowest BCUT2D eigenvalue weighted by molar-refractivity contribution is 0.590. The molecule has 0 spiro atoms. The van der Waals surface area contributed by atoms with Crippen molar-refractivity contribution in [2.45, 2.75) is 105 Å². The number of aryl methyl sites for hydroxylation is 1. The second-order valence-corrected chi connectivity index (χ2v) is 24.9. The summed E-state index contributed by atoms with van der Waals surface area (Å²) in [6.45, 7) is 28.1. The van der Waals surface area contributed by atoms with Crippen molar-refractivity contribution in [1.29, 1.82) is 0 Å². The number of thiophene rings is 1. The van der Waals surface area contributed by atoms with Crippen LogP contribution in [0, 0.1) is 6.92 Å². The van der Waals surface area contributed by atoms with Gasteiger partial charge in [0.05, 0.1) is 0 Å². The first-order valence-corrected chi connectivity index (χ1v) is 26.1. The fourth-order valence-corrected chi connectivity index (χ4v) is 12.9. The topological polar surface area (TPSA) is 6.48 Å². The molecule has 1 aromatic heterocycles. The van der Waals surface area contributed by atoms with Crippen molar-refractivity contribution < 1.29 is 0 Å². The van der Waals surface area contributed by atoms with E-state index >= 15 is 0 Å². The van der Waals surface area contributed by atoms with Crippen LogP contribution in [0.3, 0.4) is 0 Å². The smallest absolute Gasteiger partial charge is 0.252 e. The van der Waals surface area contributed by atoms with Gasteiger partial charge in [0, 0.05) is 55.2 Å². The Kier molecular flexibility index (Phi) is 9.83. The summed E-state index contributed by atoms with van der Waals surface area (Å²) in [4.78, 5) is 5.19. The molecule has 1 aliphatic carbocycles. The number of fused-ring (bicyclic) bond motifs is 8. The zero-order valence-electron chi connectivity index (χ0n) is 43.0. The van der Waals surface area contributed by atoms with Gasteiger partial charge in [-0.05, 0) is 173 Å². The van der Waals surface area contributed by atoms with Gasteiger partial charge in [0.1, 0.15) is 0 Å². The Labute approximate surface area is 420 Å². The minimum absolute atomic E-state index is 0.0191. The first-order chi connectivity index (χ1) is 33.3. The monoisotopic (exact) mass is 926 g/mol. The summed E-state index contributed by atoms with van der Waals surface area (Å²) in [5.74, 6) is 0. The van der Waals surface area contributed by atoms with Crippen LogP contribution in [0.15, 0.2) is 163 Å². The average Bonchev–Trinajstić information content (AvgIpc) is 3.86. The van der Waals surface area contributed by atoms with Gasteiger partial charge in [-0.25, -0.2) is 0 Å². The molecule has 0 fully saturated rings. The Morgan fingerprint density at radius 3 is 1.64 bits per heavy atom. The van der Waals surface area contributed by atoms with Crippen molar-refractivity contribution >= 4 is 78.6 Å². The van der Waals surface area contributed by atoms with Crippen molar-refractivity contribution in [3.63, 3.8) is 0 Å². The molecule has 0 saturated heterocycles. The van der Waals surface area contributed by atoms with Crippen LogP contribution in [0.1, 0.15) is 110 Å². The van der Waals surface area contributed by atoms with Crippen LogP contribution >= 0.6 is 11.3 Å². The van der Waals surface area contributed by atoms with Gasteiger partial charge in [-0.1, -0.05) is 167 Å². The second kappa shape index (κ2) is 15.4. The molecule has 70 heavy (non-hydrogen) atoms. The van der Waals surface area contributed by atoms with Gasteiger partial charge >= 0.3 is 0 Å². The van der Waals surface area contributed by atoms with Gasteiger partial charge in [-0.15, -0.1) is 11.3 Å². The van der Waals surface area contributed by atoms with E-state index in [-0.39, 0.29) is 28.4 Å². The molecule has 0 radical (unpaired) electrons. The highest BCUT2D eigenvalue weighted by Crippen LogP contribution is 2.52. The summed E-state index contributed by atoms with van der Waals surface area (Å²) < 4.78 is 1.30. The summed E-state index contributed by atoms with van der Waals surface area (Å²) in [5.41, 5.74) is 26.9. The number of hydrogen-bond acceptors (Lipinski definition) is 3. The van der Waals surface area contributed by atoms with Gasteiger partial charge < -0.3 is 9.80 Å². The van der Waals surface area contributed by atoms with E-state index in [1.54, 1.807) is 0 Å². The van der Waals surface area contributed by atoms with Crippen LogP contribution in [0.5, 0.6) is 0 Å². The highest BCUT2D eigenvalue weighted by molar-refractivity contribution is 7.17. The minimum atomic E-state index is -0.111. The van der Waals surface area contributed by atoms with E-state index in [9.17, 15) is 0 Å². The van der Waals surface area contributed by atoms with E-state index in [0.717, 1.165) is 5.69 Å². The maximum absolute atomic E-state index is 2.62. The predicted molar refractivity (Wildman–Crippen MR) is 305 cm³/mol. The Morgan fingerprint density at radius 2 is 1.00 bits per heavy atom. The third-order valence-electron chi connectivity index (χ3n) is 15.8. The van der Waals surface area contributed by atoms with E-state index in [0.29, 0.717) is 0 Å². The van der Waals surface area contributed by atoms with Gasteiger partial charge in [-0.2, -0.15) is 0 Å². The van der Waals surface area contributed by atoms with Gasteiger partial charge in [-0.3, -0.25) is 0 Å². The van der Waals surface area contributed by atoms with Crippen molar-refractivity contribution in [2.24, 2.45) is 0 Å². The Balaban J connectivity index is 1.15. The number of nitrogens with zero attached hydrogens (tertiary/aromatic N) is 2. The molecular formula is C66H63BN2S. The quantitative estimate of drug-likeness (QED) is 0.162. The van der Waals surface area contributed by atoms with Crippen molar-refractivity contribution in [1.82, 2.24) is 0 Å². The molecule has 3 aliphatic rings. The maximum atomic E-state index is 2.62. The molecule has 0 unspecified atom stereocenters. The summed E-state index contributed by atoms with van der Waals surface area (Å²) in [7, 11) is 0. The van der Waals surface area contributed by atoms with E-state index in [1.807, 2.05) is 11.3 Å². The molecule has 0 atom stereocenters. The van der Waals surface area contributed by atoms with Gasteiger partial charge in [0.2, 0.25) is 0 Å². The normalized spacial score (nSPS) is 14.6. The molecule has 8 aromatic carbocycles. The highest BCUT2D eigenvalue weighted by Gasteiger charge is 2.45. The summed E-state index contributed by atoms with van der Waals surface area (Å²) in [6, 6.07) is 61.5. The molecule has 12 rings (SSSR count). The Morgan fingerprint density at radius 1 is 0.443 bits per heavy atom. The van der Waals surface area contributed by atoms with Crippen LogP contribution in [-0.4, -0.2) is 6.71 Å². The van der Waals surface area contributed by atoms with E-state index in [1.165, 1.54) is 122 Å². The molecule has 346 valence electrons. The number of rotatable bonds is 4. The largest absolute Gasteiger partial charge is 0.311 e. The van der Waals surface area contributed by atoms with Crippen molar-refractivity contribution in [2.75, 3.05) is 9.80 Å². The zero-order valence-corrected chi connectivity index (χ0v) is 43.8. The Hall–Kier alpha value is -6.62. The summed E-state index contributed by atoms with van der Waals surface area (Å²) in [6.07, 6.45) is 0. The molecule has 0 N–H and O–H groups in total. The van der Waals surface area contributed by atoms with Crippen LogP contribution in [0.4, 0.5) is 34.1 Å². The van der Waals surface area contributed by atoms with Gasteiger partial charge in [0.15, 0.2) is 0 Å². The van der Waals surface area contributed by atoms with E-state index < -0.39 is 0 Å². The average molecular weight is 927 g/mol. The number of benzene rings is 8.